The Kier molecular flexibility index (Phi) is 3.61. The van der Waals surface area contributed by atoms with E-state index in [4.69, 9.17) is 22.3 Å². The summed E-state index contributed by atoms with van der Waals surface area (Å²) < 4.78 is 61.2. The Labute approximate surface area is 98.1 Å². The number of ether oxygens (including phenoxy) is 1. The fourth-order valence-electron chi connectivity index (χ4n) is 0.888. The third kappa shape index (κ3) is 3.73. The van der Waals surface area contributed by atoms with E-state index in [1.807, 2.05) is 0 Å². The second-order valence-electron chi connectivity index (χ2n) is 2.58. The molecule has 0 unspecified atom stereocenters. The molecule has 90 valence electrons. The molecule has 0 atom stereocenters. The highest BCUT2D eigenvalue weighted by atomic mass is 35.7. The Morgan fingerprint density at radius 1 is 1.25 bits per heavy atom. The Morgan fingerprint density at radius 3 is 2.25 bits per heavy atom. The molecule has 0 aromatic heterocycles. The van der Waals surface area contributed by atoms with Crippen molar-refractivity contribution >= 4 is 31.3 Å². The average Bonchev–Trinajstić information content (AvgIpc) is 1.97. The van der Waals surface area contributed by atoms with Crippen LogP contribution in [-0.2, 0) is 9.05 Å². The van der Waals surface area contributed by atoms with E-state index in [1.165, 1.54) is 0 Å². The largest absolute Gasteiger partial charge is 0.573 e. The lowest BCUT2D eigenvalue weighted by Gasteiger charge is -2.11. The summed E-state index contributed by atoms with van der Waals surface area (Å²) in [7, 11) is 0.593. The first-order valence-electron chi connectivity index (χ1n) is 3.59. The Morgan fingerprint density at radius 2 is 1.81 bits per heavy atom. The molecule has 3 nitrogen and oxygen atoms in total. The van der Waals surface area contributed by atoms with Crippen molar-refractivity contribution < 1.29 is 26.3 Å². The van der Waals surface area contributed by atoms with Gasteiger partial charge in [-0.15, -0.1) is 13.2 Å². The van der Waals surface area contributed by atoms with Crippen molar-refractivity contribution in [2.24, 2.45) is 0 Å². The molecule has 0 spiro atoms. The maximum atomic E-state index is 11.9. The molecule has 0 saturated heterocycles. The zero-order valence-corrected chi connectivity index (χ0v) is 9.58. The van der Waals surface area contributed by atoms with Crippen LogP contribution in [0.1, 0.15) is 0 Å². The van der Waals surface area contributed by atoms with Gasteiger partial charge in [0.2, 0.25) is 0 Å². The highest BCUT2D eigenvalue weighted by molar-refractivity contribution is 8.13. The summed E-state index contributed by atoms with van der Waals surface area (Å²) >= 11 is 5.41. The van der Waals surface area contributed by atoms with E-state index in [9.17, 15) is 21.6 Å². The zero-order valence-electron chi connectivity index (χ0n) is 7.25. The van der Waals surface area contributed by atoms with Gasteiger partial charge in [0.1, 0.15) is 4.90 Å². The normalized spacial score (nSPS) is 12.6. The van der Waals surface area contributed by atoms with E-state index in [2.05, 4.69) is 4.74 Å². The van der Waals surface area contributed by atoms with E-state index in [1.54, 1.807) is 0 Å². The van der Waals surface area contributed by atoms with Crippen LogP contribution in [0.4, 0.5) is 13.2 Å². The minimum atomic E-state index is -5.03. The lowest BCUT2D eigenvalue weighted by Crippen LogP contribution is -2.18. The van der Waals surface area contributed by atoms with Gasteiger partial charge in [0.15, 0.2) is 5.75 Å². The fourth-order valence-corrected chi connectivity index (χ4v) is 2.00. The number of hydrogen-bond donors (Lipinski definition) is 0. The molecule has 0 aliphatic rings. The van der Waals surface area contributed by atoms with Gasteiger partial charge < -0.3 is 4.74 Å². The van der Waals surface area contributed by atoms with Crippen LogP contribution in [0.5, 0.6) is 5.75 Å². The van der Waals surface area contributed by atoms with Crippen LogP contribution in [0.25, 0.3) is 0 Å². The molecule has 0 radical (unpaired) electrons. The van der Waals surface area contributed by atoms with E-state index in [-0.39, 0.29) is 5.02 Å². The van der Waals surface area contributed by atoms with Crippen LogP contribution < -0.4 is 4.74 Å². The summed E-state index contributed by atoms with van der Waals surface area (Å²) in [6.07, 6.45) is -5.03. The number of alkyl halides is 3. The second-order valence-corrected chi connectivity index (χ2v) is 5.55. The number of benzene rings is 1. The van der Waals surface area contributed by atoms with Gasteiger partial charge in [-0.25, -0.2) is 8.42 Å². The molecule has 16 heavy (non-hydrogen) atoms. The molecule has 0 amide bonds. The van der Waals surface area contributed by atoms with Gasteiger partial charge in [-0.2, -0.15) is 0 Å². The predicted octanol–water partition coefficient (Wildman–Crippen LogP) is 3.17. The Balaban J connectivity index is 3.30. The van der Waals surface area contributed by atoms with Gasteiger partial charge >= 0.3 is 6.36 Å². The van der Waals surface area contributed by atoms with E-state index in [0.29, 0.717) is 6.07 Å². The summed E-state index contributed by atoms with van der Waals surface area (Å²) in [4.78, 5) is -0.795. The average molecular weight is 295 g/mol. The van der Waals surface area contributed by atoms with E-state index in [0.717, 1.165) is 12.1 Å². The molecule has 1 aromatic carbocycles. The predicted molar refractivity (Wildman–Crippen MR) is 51.2 cm³/mol. The molecule has 1 rings (SSSR count). The van der Waals surface area contributed by atoms with Crippen LogP contribution in [0.2, 0.25) is 5.02 Å². The first kappa shape index (κ1) is 13.4. The highest BCUT2D eigenvalue weighted by Crippen LogP contribution is 2.33. The molecule has 0 heterocycles. The zero-order chi connectivity index (χ0) is 12.6. The summed E-state index contributed by atoms with van der Waals surface area (Å²) in [6.45, 7) is 0. The molecular formula is C7H3Cl2F3O3S. The van der Waals surface area contributed by atoms with Crippen LogP contribution in [0.3, 0.4) is 0 Å². The summed E-state index contributed by atoms with van der Waals surface area (Å²) in [5.41, 5.74) is 0. The Bertz CT molecular complexity index is 498. The summed E-state index contributed by atoms with van der Waals surface area (Å²) in [6, 6.07) is 2.62. The monoisotopic (exact) mass is 294 g/mol. The third-order valence-corrected chi connectivity index (χ3v) is 2.99. The fraction of sp³-hybridized carbons (Fsp3) is 0.143. The van der Waals surface area contributed by atoms with E-state index >= 15 is 0 Å². The Hall–Kier alpha value is -0.660. The third-order valence-electron chi connectivity index (χ3n) is 1.39. The topological polar surface area (TPSA) is 43.4 Å². The molecular weight excluding hydrogens is 292 g/mol. The van der Waals surface area contributed by atoms with Gasteiger partial charge in [-0.1, -0.05) is 11.6 Å². The molecule has 1 aromatic rings. The summed E-state index contributed by atoms with van der Waals surface area (Å²) in [5.74, 6) is -0.963. The summed E-state index contributed by atoms with van der Waals surface area (Å²) in [5, 5.41) is -0.108. The second kappa shape index (κ2) is 4.31. The SMILES string of the molecule is O=S(=O)(Cl)c1ccc(Cl)cc1OC(F)(F)F. The molecule has 9 heteroatoms. The number of halogens is 5. The maximum absolute atomic E-state index is 11.9. The standard InChI is InChI=1S/C7H3Cl2F3O3S/c8-4-1-2-6(16(9,13)14)5(3-4)15-7(10,11)12/h1-3H. The van der Waals surface area contributed by atoms with Crippen molar-refractivity contribution in [3.05, 3.63) is 23.2 Å². The lowest BCUT2D eigenvalue weighted by molar-refractivity contribution is -0.275. The molecule has 0 saturated carbocycles. The van der Waals surface area contributed by atoms with Gasteiger partial charge in [0.05, 0.1) is 0 Å². The first-order valence-corrected chi connectivity index (χ1v) is 6.28. The first-order chi connectivity index (χ1) is 7.09. The minimum Gasteiger partial charge on any atom is -0.404 e. The minimum absolute atomic E-state index is 0.108. The van der Waals surface area contributed by atoms with Crippen molar-refractivity contribution in [2.75, 3.05) is 0 Å². The molecule has 0 aliphatic carbocycles. The molecule has 0 N–H and O–H groups in total. The van der Waals surface area contributed by atoms with Gasteiger partial charge in [0, 0.05) is 21.8 Å². The number of hydrogen-bond acceptors (Lipinski definition) is 3. The molecule has 0 aliphatic heterocycles. The van der Waals surface area contributed by atoms with Crippen LogP contribution in [-0.4, -0.2) is 14.8 Å². The van der Waals surface area contributed by atoms with Crippen molar-refractivity contribution in [3.63, 3.8) is 0 Å². The van der Waals surface area contributed by atoms with Crippen molar-refractivity contribution in [2.45, 2.75) is 11.3 Å². The lowest BCUT2D eigenvalue weighted by atomic mass is 10.3. The number of rotatable bonds is 2. The van der Waals surface area contributed by atoms with Crippen LogP contribution >= 0.6 is 22.3 Å². The van der Waals surface area contributed by atoms with Gasteiger partial charge in [-0.3, -0.25) is 0 Å². The van der Waals surface area contributed by atoms with Gasteiger partial charge in [0.25, 0.3) is 9.05 Å². The van der Waals surface area contributed by atoms with Gasteiger partial charge in [-0.05, 0) is 12.1 Å². The van der Waals surface area contributed by atoms with E-state index < -0.39 is 26.1 Å². The van der Waals surface area contributed by atoms with Crippen molar-refractivity contribution in [1.29, 1.82) is 0 Å². The van der Waals surface area contributed by atoms with Crippen molar-refractivity contribution in [3.8, 4) is 5.75 Å². The van der Waals surface area contributed by atoms with Crippen LogP contribution in [0.15, 0.2) is 23.1 Å². The maximum Gasteiger partial charge on any atom is 0.573 e. The van der Waals surface area contributed by atoms with Crippen LogP contribution in [0, 0.1) is 0 Å². The quantitative estimate of drug-likeness (QED) is 0.787. The highest BCUT2D eigenvalue weighted by Gasteiger charge is 2.33. The smallest absolute Gasteiger partial charge is 0.404 e. The molecule has 0 fully saturated rings. The molecule has 0 bridgehead atoms. The van der Waals surface area contributed by atoms with Crippen molar-refractivity contribution in [1.82, 2.24) is 0 Å².